The van der Waals surface area contributed by atoms with Crippen molar-refractivity contribution in [3.63, 3.8) is 0 Å². The maximum atomic E-state index is 8.55. The lowest BCUT2D eigenvalue weighted by Gasteiger charge is -2.09. The quantitative estimate of drug-likeness (QED) is 0.177. The molecule has 35 heavy (non-hydrogen) atoms. The van der Waals surface area contributed by atoms with Crippen LogP contribution < -0.4 is 4.74 Å². The molecule has 0 heterocycles. The summed E-state index contributed by atoms with van der Waals surface area (Å²) in [7, 11) is 0. The molecule has 0 aromatic heterocycles. The lowest BCUT2D eigenvalue weighted by Crippen LogP contribution is -2.15. The average Bonchev–Trinajstić information content (AvgIpc) is 2.87. The fourth-order valence-electron chi connectivity index (χ4n) is 2.56. The molecule has 0 bridgehead atoms. The standard InChI is InChI=1S/C25H44O10/c1-24-2-4-25(5-3-24)35-23-22-34-21-20-33-19-18-32-17-16-31-15-14-30-13-12-29-11-10-28-9-8-27-7-6-26/h2-5,26H,6-23H2,1H3. The molecule has 0 amide bonds. The largest absolute Gasteiger partial charge is 0.491 e. The zero-order chi connectivity index (χ0) is 25.1. The third kappa shape index (κ3) is 22.8. The first-order valence-corrected chi connectivity index (χ1v) is 12.2. The summed E-state index contributed by atoms with van der Waals surface area (Å²) in [5.41, 5.74) is 1.21. The van der Waals surface area contributed by atoms with Gasteiger partial charge in [0, 0.05) is 0 Å². The van der Waals surface area contributed by atoms with Crippen molar-refractivity contribution in [1.82, 2.24) is 0 Å². The molecule has 0 aliphatic carbocycles. The average molecular weight is 505 g/mol. The highest BCUT2D eigenvalue weighted by Crippen LogP contribution is 2.10. The van der Waals surface area contributed by atoms with E-state index in [1.165, 1.54) is 5.56 Å². The summed E-state index contributed by atoms with van der Waals surface area (Å²) in [6.07, 6.45) is 0. The second-order valence-electron chi connectivity index (χ2n) is 7.28. The fraction of sp³-hybridized carbons (Fsp3) is 0.760. The molecule has 0 spiro atoms. The van der Waals surface area contributed by atoms with E-state index in [1.807, 2.05) is 31.2 Å². The van der Waals surface area contributed by atoms with Gasteiger partial charge < -0.3 is 47.7 Å². The molecule has 0 saturated heterocycles. The molecule has 0 aliphatic heterocycles. The van der Waals surface area contributed by atoms with E-state index >= 15 is 0 Å². The van der Waals surface area contributed by atoms with Crippen molar-refractivity contribution in [2.24, 2.45) is 0 Å². The SMILES string of the molecule is Cc1ccc(OCCOCCOCCOCCOCCOCCOCCOCCOCCO)cc1. The van der Waals surface area contributed by atoms with Gasteiger partial charge in [-0.15, -0.1) is 0 Å². The highest BCUT2D eigenvalue weighted by Gasteiger charge is 1.96. The zero-order valence-electron chi connectivity index (χ0n) is 21.2. The molecular formula is C25H44O10. The number of benzene rings is 1. The number of rotatable bonds is 27. The molecule has 1 N–H and O–H groups in total. The minimum atomic E-state index is 0.0297. The van der Waals surface area contributed by atoms with Crippen molar-refractivity contribution in [2.45, 2.75) is 6.92 Å². The summed E-state index contributed by atoms with van der Waals surface area (Å²) in [6.45, 7) is 10.6. The van der Waals surface area contributed by atoms with Gasteiger partial charge in [-0.3, -0.25) is 0 Å². The van der Waals surface area contributed by atoms with Crippen molar-refractivity contribution < 1.29 is 47.7 Å². The van der Waals surface area contributed by atoms with Crippen molar-refractivity contribution in [3.05, 3.63) is 29.8 Å². The molecule has 1 aromatic rings. The van der Waals surface area contributed by atoms with Crippen LogP contribution in [0.3, 0.4) is 0 Å². The molecule has 0 fully saturated rings. The van der Waals surface area contributed by atoms with Crippen molar-refractivity contribution >= 4 is 0 Å². The van der Waals surface area contributed by atoms with E-state index in [4.69, 9.17) is 47.7 Å². The van der Waals surface area contributed by atoms with Gasteiger partial charge in [0.05, 0.1) is 112 Å². The van der Waals surface area contributed by atoms with Gasteiger partial charge in [-0.2, -0.15) is 0 Å². The first kappa shape index (κ1) is 31.7. The first-order chi connectivity index (χ1) is 17.3. The predicted octanol–water partition coefficient (Wildman–Crippen LogP) is 1.50. The summed E-state index contributed by atoms with van der Waals surface area (Å²) >= 11 is 0. The Morgan fingerprint density at radius 2 is 0.714 bits per heavy atom. The molecule has 1 rings (SSSR count). The van der Waals surface area contributed by atoms with E-state index < -0.39 is 0 Å². The molecule has 0 radical (unpaired) electrons. The minimum absolute atomic E-state index is 0.0297. The number of ether oxygens (including phenoxy) is 9. The Morgan fingerprint density at radius 1 is 0.429 bits per heavy atom. The molecule has 0 unspecified atom stereocenters. The van der Waals surface area contributed by atoms with Crippen molar-refractivity contribution in [3.8, 4) is 5.75 Å². The van der Waals surface area contributed by atoms with Crippen LogP contribution in [0.25, 0.3) is 0 Å². The van der Waals surface area contributed by atoms with Gasteiger partial charge in [0.15, 0.2) is 0 Å². The summed E-state index contributed by atoms with van der Waals surface area (Å²) in [5, 5.41) is 8.55. The summed E-state index contributed by atoms with van der Waals surface area (Å²) in [4.78, 5) is 0. The molecule has 10 heteroatoms. The van der Waals surface area contributed by atoms with Crippen LogP contribution in [0.2, 0.25) is 0 Å². The Kier molecular flexibility index (Phi) is 23.3. The maximum absolute atomic E-state index is 8.55. The molecule has 204 valence electrons. The Labute approximate surface area is 209 Å². The van der Waals surface area contributed by atoms with E-state index in [0.717, 1.165) is 5.75 Å². The van der Waals surface area contributed by atoms with E-state index in [9.17, 15) is 0 Å². The van der Waals surface area contributed by atoms with Crippen LogP contribution in [0.4, 0.5) is 0 Å². The number of aliphatic hydroxyl groups is 1. The number of hydrogen-bond acceptors (Lipinski definition) is 10. The topological polar surface area (TPSA) is 103 Å². The molecule has 0 aliphatic rings. The second kappa shape index (κ2) is 25.7. The van der Waals surface area contributed by atoms with Crippen LogP contribution in [0.1, 0.15) is 5.56 Å². The highest BCUT2D eigenvalue weighted by atomic mass is 16.6. The third-order valence-corrected chi connectivity index (χ3v) is 4.36. The Bertz CT molecular complexity index is 544. The zero-order valence-corrected chi connectivity index (χ0v) is 21.2. The lowest BCUT2D eigenvalue weighted by molar-refractivity contribution is -0.0242. The van der Waals surface area contributed by atoms with Crippen LogP contribution >= 0.6 is 0 Å². The number of aryl methyl sites for hydroxylation is 1. The van der Waals surface area contributed by atoms with Gasteiger partial charge in [-0.1, -0.05) is 17.7 Å². The smallest absolute Gasteiger partial charge is 0.119 e. The normalized spacial score (nSPS) is 11.3. The van der Waals surface area contributed by atoms with Gasteiger partial charge >= 0.3 is 0 Å². The van der Waals surface area contributed by atoms with E-state index in [-0.39, 0.29) is 6.61 Å². The third-order valence-electron chi connectivity index (χ3n) is 4.36. The van der Waals surface area contributed by atoms with Gasteiger partial charge in [-0.05, 0) is 19.1 Å². The molecule has 1 aromatic carbocycles. The number of aliphatic hydroxyl groups excluding tert-OH is 1. The second-order valence-corrected chi connectivity index (χ2v) is 7.28. The molecule has 0 atom stereocenters. The van der Waals surface area contributed by atoms with Gasteiger partial charge in [0.25, 0.3) is 0 Å². The Hall–Kier alpha value is -1.34. The van der Waals surface area contributed by atoms with Gasteiger partial charge in [0.2, 0.25) is 0 Å². The highest BCUT2D eigenvalue weighted by molar-refractivity contribution is 5.26. The van der Waals surface area contributed by atoms with Crippen LogP contribution in [0.5, 0.6) is 5.75 Å². The van der Waals surface area contributed by atoms with E-state index in [2.05, 4.69) is 0 Å². The minimum Gasteiger partial charge on any atom is -0.491 e. The summed E-state index contributed by atoms with van der Waals surface area (Å²) in [5.74, 6) is 0.852. The fourth-order valence-corrected chi connectivity index (χ4v) is 2.56. The maximum Gasteiger partial charge on any atom is 0.119 e. The summed E-state index contributed by atoms with van der Waals surface area (Å²) in [6, 6.07) is 7.95. The Balaban J connectivity index is 1.65. The van der Waals surface area contributed by atoms with E-state index in [1.54, 1.807) is 0 Å². The van der Waals surface area contributed by atoms with Gasteiger partial charge in [0.1, 0.15) is 12.4 Å². The predicted molar refractivity (Wildman–Crippen MR) is 130 cm³/mol. The first-order valence-electron chi connectivity index (χ1n) is 12.2. The monoisotopic (exact) mass is 504 g/mol. The summed E-state index contributed by atoms with van der Waals surface area (Å²) < 4.78 is 48.6. The van der Waals surface area contributed by atoms with Crippen LogP contribution in [-0.2, 0) is 37.9 Å². The molecular weight excluding hydrogens is 460 g/mol. The van der Waals surface area contributed by atoms with E-state index in [0.29, 0.717) is 112 Å². The van der Waals surface area contributed by atoms with Gasteiger partial charge in [-0.25, -0.2) is 0 Å². The Morgan fingerprint density at radius 3 is 1.03 bits per heavy atom. The van der Waals surface area contributed by atoms with Crippen molar-refractivity contribution in [1.29, 1.82) is 0 Å². The molecule has 0 saturated carbocycles. The van der Waals surface area contributed by atoms with Crippen molar-refractivity contribution in [2.75, 3.05) is 119 Å². The molecule has 10 nitrogen and oxygen atoms in total. The lowest BCUT2D eigenvalue weighted by atomic mass is 10.2. The number of hydrogen-bond donors (Lipinski definition) is 1. The van der Waals surface area contributed by atoms with Crippen LogP contribution in [0.15, 0.2) is 24.3 Å². The van der Waals surface area contributed by atoms with Crippen LogP contribution in [-0.4, -0.2) is 124 Å². The van der Waals surface area contributed by atoms with Crippen LogP contribution in [0, 0.1) is 6.92 Å².